The zero-order valence-electron chi connectivity index (χ0n) is 15.1. The average Bonchev–Trinajstić information content (AvgIpc) is 2.98. The smallest absolute Gasteiger partial charge is 0.335 e. The summed E-state index contributed by atoms with van der Waals surface area (Å²) in [5, 5.41) is 18.9. The van der Waals surface area contributed by atoms with E-state index in [-0.39, 0.29) is 37.9 Å². The number of nitrogens with zero attached hydrogens (tertiary/aromatic N) is 1. The molecule has 0 atom stereocenters. The molecule has 0 saturated carbocycles. The fraction of sp³-hybridized carbons (Fsp3) is 0. The molecule has 0 radical (unpaired) electrons. The number of carboxylic acid groups (broad SMARTS) is 1. The van der Waals surface area contributed by atoms with Crippen molar-refractivity contribution in [1.82, 2.24) is 0 Å². The summed E-state index contributed by atoms with van der Waals surface area (Å²) in [6, 6.07) is 14.0. The number of fused-ring (bicyclic) bond motifs is 1. The van der Waals surface area contributed by atoms with Gasteiger partial charge in [0.2, 0.25) is 9.84 Å². The molecule has 30 heavy (non-hydrogen) atoms. The zero-order valence-corrected chi connectivity index (χ0v) is 16.0. The molecule has 1 heterocycles. The zero-order chi connectivity index (χ0) is 21.6. The largest absolute Gasteiger partial charge is 0.506 e. The predicted molar refractivity (Wildman–Crippen MR) is 105 cm³/mol. The van der Waals surface area contributed by atoms with Crippen LogP contribution >= 0.6 is 0 Å². The minimum absolute atomic E-state index is 0.00244. The minimum Gasteiger partial charge on any atom is -0.506 e. The second-order valence-corrected chi connectivity index (χ2v) is 8.42. The van der Waals surface area contributed by atoms with Gasteiger partial charge in [-0.15, -0.1) is 0 Å². The number of hydrogen-bond acceptors (Lipinski definition) is 6. The molecule has 2 amide bonds. The Balaban J connectivity index is 1.76. The van der Waals surface area contributed by atoms with Crippen molar-refractivity contribution in [1.29, 1.82) is 0 Å². The molecule has 8 nitrogen and oxygen atoms in total. The first-order valence-corrected chi connectivity index (χ1v) is 10.1. The Labute approximate surface area is 170 Å². The number of phenolic OH excluding ortho intramolecular Hbond substituents is 1. The van der Waals surface area contributed by atoms with Crippen LogP contribution in [0.25, 0.3) is 0 Å². The number of rotatable bonds is 4. The molecule has 0 fully saturated rings. The maximum Gasteiger partial charge on any atom is 0.335 e. The number of aromatic carboxylic acids is 1. The van der Waals surface area contributed by atoms with Gasteiger partial charge in [-0.1, -0.05) is 12.1 Å². The highest BCUT2D eigenvalue weighted by atomic mass is 32.2. The van der Waals surface area contributed by atoms with Crippen LogP contribution in [-0.4, -0.2) is 36.4 Å². The molecule has 9 heteroatoms. The third-order valence-electron chi connectivity index (χ3n) is 4.70. The molecular weight excluding hydrogens is 410 g/mol. The molecule has 0 unspecified atom stereocenters. The molecule has 0 aliphatic carbocycles. The maximum atomic E-state index is 12.9. The van der Waals surface area contributed by atoms with Crippen LogP contribution in [0, 0.1) is 0 Å². The first-order chi connectivity index (χ1) is 14.2. The number of para-hydroxylation sites is 2. The number of aromatic hydroxyl groups is 1. The van der Waals surface area contributed by atoms with Gasteiger partial charge in [-0.05, 0) is 54.6 Å². The Morgan fingerprint density at radius 2 is 1.40 bits per heavy atom. The highest BCUT2D eigenvalue weighted by molar-refractivity contribution is 7.91. The van der Waals surface area contributed by atoms with Gasteiger partial charge in [0.25, 0.3) is 11.8 Å². The van der Waals surface area contributed by atoms with Crippen LogP contribution < -0.4 is 4.90 Å². The summed E-state index contributed by atoms with van der Waals surface area (Å²) >= 11 is 0. The number of hydrogen-bond donors (Lipinski definition) is 2. The fourth-order valence-electron chi connectivity index (χ4n) is 3.17. The second-order valence-electron chi connectivity index (χ2n) is 6.47. The summed E-state index contributed by atoms with van der Waals surface area (Å²) in [4.78, 5) is 36.9. The van der Waals surface area contributed by atoms with E-state index in [1.165, 1.54) is 30.3 Å². The number of carbonyl (C=O) groups is 3. The lowest BCUT2D eigenvalue weighted by atomic mass is 10.1. The van der Waals surface area contributed by atoms with Gasteiger partial charge in [0, 0.05) is 0 Å². The van der Waals surface area contributed by atoms with E-state index in [1.54, 1.807) is 6.07 Å². The molecule has 3 aromatic rings. The lowest BCUT2D eigenvalue weighted by Crippen LogP contribution is -2.29. The van der Waals surface area contributed by atoms with Gasteiger partial charge in [-0.2, -0.15) is 0 Å². The molecule has 2 N–H and O–H groups in total. The van der Waals surface area contributed by atoms with Crippen LogP contribution in [0.5, 0.6) is 5.75 Å². The second kappa shape index (κ2) is 6.82. The van der Waals surface area contributed by atoms with Gasteiger partial charge in [0.15, 0.2) is 0 Å². The van der Waals surface area contributed by atoms with Crippen molar-refractivity contribution in [3.05, 3.63) is 83.4 Å². The van der Waals surface area contributed by atoms with Crippen molar-refractivity contribution in [3.8, 4) is 5.75 Å². The van der Waals surface area contributed by atoms with Crippen molar-refractivity contribution >= 4 is 33.3 Å². The van der Waals surface area contributed by atoms with Crippen LogP contribution in [-0.2, 0) is 9.84 Å². The van der Waals surface area contributed by atoms with E-state index in [1.807, 2.05) is 0 Å². The summed E-state index contributed by atoms with van der Waals surface area (Å²) in [5.41, 5.74) is -0.158. The lowest BCUT2D eigenvalue weighted by molar-refractivity contribution is 0.0696. The molecule has 4 rings (SSSR count). The van der Waals surface area contributed by atoms with Crippen molar-refractivity contribution in [3.63, 3.8) is 0 Å². The standard InChI is InChI=1S/C21H13NO7S/c23-18-4-2-1-3-17(18)22-19(24)15-10-9-14(11-16(15)20(22)25)30(28,29)13-7-5-12(6-8-13)21(26)27/h1-11,23H,(H,26,27). The van der Waals surface area contributed by atoms with Gasteiger partial charge in [0.1, 0.15) is 5.75 Å². The minimum atomic E-state index is -4.06. The first-order valence-electron chi connectivity index (χ1n) is 8.61. The summed E-state index contributed by atoms with van der Waals surface area (Å²) in [5.74, 6) is -2.88. The molecule has 1 aliphatic rings. The number of phenols is 1. The predicted octanol–water partition coefficient (Wildman–Crippen LogP) is 2.72. The maximum absolute atomic E-state index is 12.9. The molecule has 150 valence electrons. The summed E-state index contributed by atoms with van der Waals surface area (Å²) < 4.78 is 25.8. The third-order valence-corrected chi connectivity index (χ3v) is 6.47. The van der Waals surface area contributed by atoms with Crippen LogP contribution in [0.3, 0.4) is 0 Å². The van der Waals surface area contributed by atoms with Crippen LogP contribution in [0.4, 0.5) is 5.69 Å². The van der Waals surface area contributed by atoms with Crippen molar-refractivity contribution in [2.24, 2.45) is 0 Å². The van der Waals surface area contributed by atoms with E-state index in [9.17, 15) is 27.9 Å². The molecule has 0 saturated heterocycles. The average molecular weight is 423 g/mol. The number of anilines is 1. The van der Waals surface area contributed by atoms with Crippen molar-refractivity contribution < 1.29 is 33.0 Å². The van der Waals surface area contributed by atoms with Gasteiger partial charge < -0.3 is 10.2 Å². The molecule has 0 spiro atoms. The van der Waals surface area contributed by atoms with E-state index < -0.39 is 27.6 Å². The van der Waals surface area contributed by atoms with Gasteiger partial charge >= 0.3 is 5.97 Å². The fourth-order valence-corrected chi connectivity index (χ4v) is 4.46. The van der Waals surface area contributed by atoms with Gasteiger partial charge in [-0.3, -0.25) is 9.59 Å². The van der Waals surface area contributed by atoms with E-state index in [2.05, 4.69) is 0 Å². The third kappa shape index (κ3) is 2.92. The Morgan fingerprint density at radius 3 is 2.03 bits per heavy atom. The van der Waals surface area contributed by atoms with E-state index in [4.69, 9.17) is 5.11 Å². The Kier molecular flexibility index (Phi) is 4.39. The first kappa shape index (κ1) is 19.3. The quantitative estimate of drug-likeness (QED) is 0.617. The molecule has 1 aliphatic heterocycles. The van der Waals surface area contributed by atoms with E-state index in [0.717, 1.165) is 35.2 Å². The summed E-state index contributed by atoms with van der Waals surface area (Å²) in [6.07, 6.45) is 0. The Bertz CT molecular complexity index is 1330. The Hall–Kier alpha value is -3.98. The lowest BCUT2D eigenvalue weighted by Gasteiger charge is -2.14. The normalized spacial score (nSPS) is 13.4. The number of carbonyl (C=O) groups excluding carboxylic acids is 2. The topological polar surface area (TPSA) is 129 Å². The van der Waals surface area contributed by atoms with Crippen LogP contribution in [0.1, 0.15) is 31.1 Å². The van der Waals surface area contributed by atoms with Crippen molar-refractivity contribution in [2.45, 2.75) is 9.79 Å². The van der Waals surface area contributed by atoms with Gasteiger partial charge in [0.05, 0.1) is 32.2 Å². The number of imide groups is 1. The van der Waals surface area contributed by atoms with Crippen molar-refractivity contribution in [2.75, 3.05) is 4.90 Å². The monoisotopic (exact) mass is 423 g/mol. The summed E-state index contributed by atoms with van der Waals surface area (Å²) in [6.45, 7) is 0. The highest BCUT2D eigenvalue weighted by Gasteiger charge is 2.38. The molecule has 3 aromatic carbocycles. The Morgan fingerprint density at radius 1 is 0.800 bits per heavy atom. The highest BCUT2D eigenvalue weighted by Crippen LogP contribution is 2.35. The number of sulfone groups is 1. The summed E-state index contributed by atoms with van der Waals surface area (Å²) in [7, 11) is -4.06. The molecule has 0 bridgehead atoms. The van der Waals surface area contributed by atoms with Gasteiger partial charge in [-0.25, -0.2) is 18.1 Å². The number of benzene rings is 3. The van der Waals surface area contributed by atoms with E-state index in [0.29, 0.717) is 0 Å². The number of carboxylic acids is 1. The van der Waals surface area contributed by atoms with E-state index >= 15 is 0 Å². The van der Waals surface area contributed by atoms with Crippen LogP contribution in [0.15, 0.2) is 76.5 Å². The molecule has 0 aromatic heterocycles. The molecular formula is C21H13NO7S. The number of amides is 2. The SMILES string of the molecule is O=C(O)c1ccc(S(=O)(=O)c2ccc3c(c2)C(=O)N(c2ccccc2O)C3=O)cc1. The van der Waals surface area contributed by atoms with Crippen LogP contribution in [0.2, 0.25) is 0 Å².